The minimum Gasteiger partial charge on any atom is -0.491 e. The highest BCUT2D eigenvalue weighted by Crippen LogP contribution is 2.34. The third-order valence-electron chi connectivity index (χ3n) is 4.36. The second-order valence-electron chi connectivity index (χ2n) is 7.48. The van der Waals surface area contributed by atoms with Gasteiger partial charge in [0.05, 0.1) is 17.2 Å². The Labute approximate surface area is 155 Å². The van der Waals surface area contributed by atoms with E-state index in [-0.39, 0.29) is 11.5 Å². The van der Waals surface area contributed by atoms with Crippen LogP contribution in [-0.2, 0) is 20.2 Å². The molecule has 1 atom stereocenters. The fourth-order valence-electron chi connectivity index (χ4n) is 2.69. The first-order valence-electron chi connectivity index (χ1n) is 8.62. The van der Waals surface area contributed by atoms with E-state index < -0.39 is 10.0 Å². The maximum atomic E-state index is 13.3. The van der Waals surface area contributed by atoms with Gasteiger partial charge < -0.3 is 9.47 Å². The molecule has 0 saturated carbocycles. The van der Waals surface area contributed by atoms with Gasteiger partial charge in [-0.3, -0.25) is 4.31 Å². The van der Waals surface area contributed by atoms with Gasteiger partial charge in [0, 0.05) is 7.05 Å². The summed E-state index contributed by atoms with van der Waals surface area (Å²) in [5, 5.41) is 0. The number of anilines is 1. The van der Waals surface area contributed by atoms with E-state index in [1.165, 1.54) is 4.31 Å². The van der Waals surface area contributed by atoms with Crippen molar-refractivity contribution in [2.24, 2.45) is 0 Å². The number of rotatable bonds is 6. The number of nitrogens with zero attached hydrogens (tertiary/aromatic N) is 1. The van der Waals surface area contributed by atoms with Gasteiger partial charge in [0.25, 0.3) is 10.0 Å². The molecule has 6 heteroatoms. The average Bonchev–Trinajstić information content (AvgIpc) is 3.43. The highest BCUT2D eigenvalue weighted by molar-refractivity contribution is 7.92. The predicted octanol–water partition coefficient (Wildman–Crippen LogP) is 3.59. The summed E-state index contributed by atoms with van der Waals surface area (Å²) in [6.07, 6.45) is 0.153. The molecule has 0 amide bonds. The first-order chi connectivity index (χ1) is 12.2. The minimum atomic E-state index is -3.69. The molecule has 1 aliphatic heterocycles. The molecule has 0 radical (unpaired) electrons. The summed E-state index contributed by atoms with van der Waals surface area (Å²) < 4.78 is 38.7. The van der Waals surface area contributed by atoms with Crippen LogP contribution < -0.4 is 9.04 Å². The van der Waals surface area contributed by atoms with Crippen molar-refractivity contribution in [1.29, 1.82) is 0 Å². The van der Waals surface area contributed by atoms with E-state index in [9.17, 15) is 8.42 Å². The van der Waals surface area contributed by atoms with Crippen LogP contribution in [0.1, 0.15) is 26.3 Å². The molecule has 1 heterocycles. The van der Waals surface area contributed by atoms with Gasteiger partial charge in [-0.1, -0.05) is 39.0 Å². The first-order valence-corrected chi connectivity index (χ1v) is 10.1. The normalized spacial score (nSPS) is 17.0. The van der Waals surface area contributed by atoms with E-state index in [0.717, 1.165) is 12.2 Å². The Morgan fingerprint density at radius 1 is 1.15 bits per heavy atom. The van der Waals surface area contributed by atoms with Crippen molar-refractivity contribution in [2.45, 2.75) is 37.2 Å². The third kappa shape index (κ3) is 4.02. The molecule has 3 rings (SSSR count). The summed E-state index contributed by atoms with van der Waals surface area (Å²) in [5.41, 5.74) is 1.00. The van der Waals surface area contributed by atoms with Gasteiger partial charge in [0.15, 0.2) is 0 Å². The molecule has 1 unspecified atom stereocenters. The molecule has 1 saturated heterocycles. The van der Waals surface area contributed by atoms with Crippen molar-refractivity contribution >= 4 is 15.7 Å². The Morgan fingerprint density at radius 3 is 2.38 bits per heavy atom. The predicted molar refractivity (Wildman–Crippen MR) is 102 cm³/mol. The highest BCUT2D eigenvalue weighted by Gasteiger charge is 2.30. The van der Waals surface area contributed by atoms with Crippen molar-refractivity contribution in [2.75, 3.05) is 24.6 Å². The maximum absolute atomic E-state index is 13.3. The monoisotopic (exact) mass is 375 g/mol. The maximum Gasteiger partial charge on any atom is 0.264 e. The van der Waals surface area contributed by atoms with Crippen LogP contribution >= 0.6 is 0 Å². The number of sulfonamides is 1. The summed E-state index contributed by atoms with van der Waals surface area (Å²) in [5.74, 6) is 0.659. The van der Waals surface area contributed by atoms with Crippen LogP contribution in [0.3, 0.4) is 0 Å². The number of para-hydroxylation sites is 1. The number of epoxide rings is 1. The van der Waals surface area contributed by atoms with Gasteiger partial charge in [-0.15, -0.1) is 0 Å². The molecule has 0 N–H and O–H groups in total. The van der Waals surface area contributed by atoms with Crippen molar-refractivity contribution in [1.82, 2.24) is 0 Å². The third-order valence-corrected chi connectivity index (χ3v) is 6.20. The molecule has 0 spiro atoms. The lowest BCUT2D eigenvalue weighted by Crippen LogP contribution is -2.29. The van der Waals surface area contributed by atoms with Crippen LogP contribution in [0.5, 0.6) is 5.75 Å². The Morgan fingerprint density at radius 2 is 1.81 bits per heavy atom. The van der Waals surface area contributed by atoms with E-state index >= 15 is 0 Å². The molecule has 2 aromatic carbocycles. The van der Waals surface area contributed by atoms with Crippen molar-refractivity contribution in [3.63, 3.8) is 0 Å². The Balaban J connectivity index is 1.99. The standard InChI is InChI=1S/C20H25NO4S/c1-20(2,3)18-12-16(24-13-17-14-25-17)10-11-19(18)26(22,23)21(4)15-8-6-5-7-9-15/h5-12,17H,13-14H2,1-4H3. The lowest BCUT2D eigenvalue weighted by Gasteiger charge is -2.27. The smallest absolute Gasteiger partial charge is 0.264 e. The first kappa shape index (κ1) is 18.7. The number of ether oxygens (including phenoxy) is 2. The molecule has 0 bridgehead atoms. The molecule has 2 aromatic rings. The Bertz CT molecular complexity index is 868. The summed E-state index contributed by atoms with van der Waals surface area (Å²) in [6.45, 7) is 7.20. The SMILES string of the molecule is CN(c1ccccc1)S(=O)(=O)c1ccc(OCC2CO2)cc1C(C)(C)C. The number of hydrogen-bond acceptors (Lipinski definition) is 4. The van der Waals surface area contributed by atoms with Crippen LogP contribution in [0.2, 0.25) is 0 Å². The van der Waals surface area contributed by atoms with Gasteiger partial charge in [-0.05, 0) is 41.3 Å². The van der Waals surface area contributed by atoms with Crippen molar-refractivity contribution < 1.29 is 17.9 Å². The summed E-state index contributed by atoms with van der Waals surface area (Å²) in [6, 6.07) is 14.2. The van der Waals surface area contributed by atoms with E-state index in [1.807, 2.05) is 45.0 Å². The lowest BCUT2D eigenvalue weighted by molar-refractivity contribution is 0.262. The van der Waals surface area contributed by atoms with Crippen LogP contribution in [0.4, 0.5) is 5.69 Å². The average molecular weight is 375 g/mol. The van der Waals surface area contributed by atoms with Gasteiger partial charge in [0.1, 0.15) is 18.5 Å². The van der Waals surface area contributed by atoms with Crippen LogP contribution in [0, 0.1) is 0 Å². The zero-order valence-corrected chi connectivity index (χ0v) is 16.4. The van der Waals surface area contributed by atoms with E-state index in [1.54, 1.807) is 31.3 Å². The molecule has 5 nitrogen and oxygen atoms in total. The van der Waals surface area contributed by atoms with Crippen LogP contribution in [0.15, 0.2) is 53.4 Å². The fraction of sp³-hybridized carbons (Fsp3) is 0.400. The van der Waals surface area contributed by atoms with E-state index in [2.05, 4.69) is 0 Å². The van der Waals surface area contributed by atoms with Gasteiger partial charge in [-0.25, -0.2) is 8.42 Å². The second-order valence-corrected chi connectivity index (χ2v) is 9.42. The highest BCUT2D eigenvalue weighted by atomic mass is 32.2. The van der Waals surface area contributed by atoms with Gasteiger partial charge in [0.2, 0.25) is 0 Å². The molecular formula is C20H25NO4S. The molecule has 26 heavy (non-hydrogen) atoms. The van der Waals surface area contributed by atoms with Crippen LogP contribution in [0.25, 0.3) is 0 Å². The zero-order valence-electron chi connectivity index (χ0n) is 15.6. The molecule has 140 valence electrons. The largest absolute Gasteiger partial charge is 0.491 e. The molecular weight excluding hydrogens is 350 g/mol. The molecule has 1 fully saturated rings. The summed E-state index contributed by atoms with van der Waals surface area (Å²) >= 11 is 0. The Kier molecular flexibility index (Phi) is 4.99. The van der Waals surface area contributed by atoms with Crippen molar-refractivity contribution in [3.8, 4) is 5.75 Å². The minimum absolute atomic E-state index is 0.153. The van der Waals surface area contributed by atoms with Gasteiger partial charge in [-0.2, -0.15) is 0 Å². The lowest BCUT2D eigenvalue weighted by atomic mass is 9.87. The molecule has 0 aromatic heterocycles. The van der Waals surface area contributed by atoms with Crippen LogP contribution in [-0.4, -0.2) is 34.8 Å². The second kappa shape index (κ2) is 6.93. The van der Waals surface area contributed by atoms with E-state index in [4.69, 9.17) is 9.47 Å². The quantitative estimate of drug-likeness (QED) is 0.724. The topological polar surface area (TPSA) is 59.1 Å². The fourth-order valence-corrected chi connectivity index (χ4v) is 4.26. The molecule has 0 aliphatic carbocycles. The van der Waals surface area contributed by atoms with Gasteiger partial charge >= 0.3 is 0 Å². The van der Waals surface area contributed by atoms with E-state index in [0.29, 0.717) is 22.9 Å². The Hall–Kier alpha value is -2.05. The summed E-state index contributed by atoms with van der Waals surface area (Å²) in [7, 11) is -2.11. The molecule has 1 aliphatic rings. The number of benzene rings is 2. The van der Waals surface area contributed by atoms with Crippen molar-refractivity contribution in [3.05, 3.63) is 54.1 Å². The summed E-state index contributed by atoms with van der Waals surface area (Å²) in [4.78, 5) is 0.298. The zero-order chi connectivity index (χ0) is 18.9. The number of hydrogen-bond donors (Lipinski definition) is 0.